The first kappa shape index (κ1) is 12.8. The summed E-state index contributed by atoms with van der Waals surface area (Å²) in [5.41, 5.74) is 0. The first-order valence-electron chi connectivity index (χ1n) is 5.67. The number of nitrogens with zero attached hydrogens (tertiary/aromatic N) is 2. The Kier molecular flexibility index (Phi) is 4.49. The molecule has 0 aliphatic heterocycles. The van der Waals surface area contributed by atoms with E-state index in [0.717, 1.165) is 11.6 Å². The number of nitrogens with one attached hydrogen (secondary N) is 1. The van der Waals surface area contributed by atoms with Crippen LogP contribution in [0.4, 0.5) is 0 Å². The first-order valence-corrected chi connectivity index (χ1v) is 6.49. The van der Waals surface area contributed by atoms with Crippen molar-refractivity contribution in [1.82, 2.24) is 15.5 Å². The molecule has 0 fully saturated rings. The number of hydrogen-bond donors (Lipinski definition) is 1. The Labute approximate surface area is 110 Å². The molecule has 1 N–H and O–H groups in total. The monoisotopic (exact) mass is 265 g/mol. The quantitative estimate of drug-likeness (QED) is 0.869. The summed E-state index contributed by atoms with van der Waals surface area (Å²) in [6.07, 6.45) is 0. The van der Waals surface area contributed by atoms with Crippen molar-refractivity contribution in [2.45, 2.75) is 13.5 Å². The molecule has 0 saturated carbocycles. The Balaban J connectivity index is 2.06. The lowest BCUT2D eigenvalue weighted by atomic mass is 10.3. The molecule has 2 aromatic rings. The SMILES string of the molecule is CCNCc1nnc(Oc2ccccc2OC)s1. The molecule has 0 unspecified atom stereocenters. The van der Waals surface area contributed by atoms with Crippen LogP contribution in [0.3, 0.4) is 0 Å². The minimum absolute atomic E-state index is 0.521. The van der Waals surface area contributed by atoms with Gasteiger partial charge in [0.2, 0.25) is 0 Å². The smallest absolute Gasteiger partial charge is 0.299 e. The van der Waals surface area contributed by atoms with E-state index in [1.54, 1.807) is 7.11 Å². The van der Waals surface area contributed by atoms with Crippen LogP contribution in [0.5, 0.6) is 16.7 Å². The van der Waals surface area contributed by atoms with Gasteiger partial charge < -0.3 is 14.8 Å². The van der Waals surface area contributed by atoms with Crippen molar-refractivity contribution in [2.24, 2.45) is 0 Å². The Morgan fingerprint density at radius 2 is 2.00 bits per heavy atom. The van der Waals surface area contributed by atoms with Crippen molar-refractivity contribution in [2.75, 3.05) is 13.7 Å². The average molecular weight is 265 g/mol. The molecule has 2 rings (SSSR count). The zero-order chi connectivity index (χ0) is 12.8. The van der Waals surface area contributed by atoms with E-state index >= 15 is 0 Å². The van der Waals surface area contributed by atoms with Gasteiger partial charge in [0.05, 0.1) is 7.11 Å². The van der Waals surface area contributed by atoms with Gasteiger partial charge in [-0.1, -0.05) is 35.5 Å². The van der Waals surface area contributed by atoms with Gasteiger partial charge in [0.25, 0.3) is 5.19 Å². The Morgan fingerprint density at radius 3 is 2.72 bits per heavy atom. The molecule has 6 heteroatoms. The van der Waals surface area contributed by atoms with E-state index in [9.17, 15) is 0 Å². The van der Waals surface area contributed by atoms with E-state index < -0.39 is 0 Å². The topological polar surface area (TPSA) is 56.3 Å². The average Bonchev–Trinajstić information content (AvgIpc) is 2.84. The maximum Gasteiger partial charge on any atom is 0.299 e. The second-order valence-electron chi connectivity index (χ2n) is 3.49. The predicted molar refractivity (Wildman–Crippen MR) is 70.4 cm³/mol. The maximum atomic E-state index is 5.65. The normalized spacial score (nSPS) is 10.3. The molecule has 0 atom stereocenters. The minimum atomic E-state index is 0.521. The zero-order valence-electron chi connectivity index (χ0n) is 10.3. The van der Waals surface area contributed by atoms with Crippen molar-refractivity contribution >= 4 is 11.3 Å². The Bertz CT molecular complexity index is 502. The third-order valence-electron chi connectivity index (χ3n) is 2.24. The molecular weight excluding hydrogens is 250 g/mol. The van der Waals surface area contributed by atoms with Gasteiger partial charge in [0.1, 0.15) is 5.01 Å². The summed E-state index contributed by atoms with van der Waals surface area (Å²) in [6, 6.07) is 7.46. The number of hydrogen-bond acceptors (Lipinski definition) is 6. The van der Waals surface area contributed by atoms with E-state index in [4.69, 9.17) is 9.47 Å². The van der Waals surface area contributed by atoms with E-state index in [1.807, 2.05) is 31.2 Å². The van der Waals surface area contributed by atoms with Gasteiger partial charge in [0.15, 0.2) is 11.5 Å². The summed E-state index contributed by atoms with van der Waals surface area (Å²) < 4.78 is 10.9. The van der Waals surface area contributed by atoms with Gasteiger partial charge in [-0.2, -0.15) is 0 Å². The molecule has 0 amide bonds. The standard InChI is InChI=1S/C12H15N3O2S/c1-3-13-8-11-14-15-12(18-11)17-10-7-5-4-6-9(10)16-2/h4-7,13H,3,8H2,1-2H3. The molecule has 0 radical (unpaired) electrons. The molecule has 18 heavy (non-hydrogen) atoms. The minimum Gasteiger partial charge on any atom is -0.493 e. The van der Waals surface area contributed by atoms with Crippen molar-refractivity contribution in [1.29, 1.82) is 0 Å². The van der Waals surface area contributed by atoms with Crippen LogP contribution in [0, 0.1) is 0 Å². The highest BCUT2D eigenvalue weighted by atomic mass is 32.1. The van der Waals surface area contributed by atoms with Crippen LogP contribution in [-0.4, -0.2) is 23.9 Å². The molecule has 0 aliphatic carbocycles. The molecule has 0 bridgehead atoms. The molecule has 1 aromatic carbocycles. The molecule has 5 nitrogen and oxygen atoms in total. The van der Waals surface area contributed by atoms with E-state index in [0.29, 0.717) is 23.2 Å². The number of para-hydroxylation sites is 2. The van der Waals surface area contributed by atoms with Gasteiger partial charge in [0, 0.05) is 6.54 Å². The molecule has 1 aromatic heterocycles. The molecule has 0 spiro atoms. The fourth-order valence-corrected chi connectivity index (χ4v) is 2.05. The van der Waals surface area contributed by atoms with Gasteiger partial charge in [-0.15, -0.1) is 5.10 Å². The third kappa shape index (κ3) is 3.18. The van der Waals surface area contributed by atoms with Crippen LogP contribution in [0.15, 0.2) is 24.3 Å². The van der Waals surface area contributed by atoms with E-state index in [-0.39, 0.29) is 0 Å². The van der Waals surface area contributed by atoms with Crippen LogP contribution >= 0.6 is 11.3 Å². The number of methoxy groups -OCH3 is 1. The summed E-state index contributed by atoms with van der Waals surface area (Å²) in [7, 11) is 1.61. The molecule has 96 valence electrons. The fourth-order valence-electron chi connectivity index (χ4n) is 1.38. The molecule has 0 saturated heterocycles. The van der Waals surface area contributed by atoms with Gasteiger partial charge in [-0.25, -0.2) is 0 Å². The summed E-state index contributed by atoms with van der Waals surface area (Å²) in [5, 5.41) is 12.7. The van der Waals surface area contributed by atoms with Crippen LogP contribution in [0.1, 0.15) is 11.9 Å². The van der Waals surface area contributed by atoms with Crippen molar-refractivity contribution in [3.05, 3.63) is 29.3 Å². The van der Waals surface area contributed by atoms with Gasteiger partial charge >= 0.3 is 0 Å². The summed E-state index contributed by atoms with van der Waals surface area (Å²) in [5.74, 6) is 1.33. The molecular formula is C12H15N3O2S. The third-order valence-corrected chi connectivity index (χ3v) is 3.04. The van der Waals surface area contributed by atoms with Gasteiger partial charge in [-0.05, 0) is 18.7 Å². The lowest BCUT2D eigenvalue weighted by Crippen LogP contribution is -2.11. The van der Waals surface area contributed by atoms with Crippen molar-refractivity contribution in [3.63, 3.8) is 0 Å². The number of aromatic nitrogens is 2. The first-order chi connectivity index (χ1) is 8.83. The number of rotatable bonds is 6. The Hall–Kier alpha value is -1.66. The highest BCUT2D eigenvalue weighted by molar-refractivity contribution is 7.13. The van der Waals surface area contributed by atoms with Crippen LogP contribution in [0.2, 0.25) is 0 Å². The predicted octanol–water partition coefficient (Wildman–Crippen LogP) is 2.45. The molecule has 1 heterocycles. The van der Waals surface area contributed by atoms with E-state index in [2.05, 4.69) is 15.5 Å². The Morgan fingerprint density at radius 1 is 1.22 bits per heavy atom. The maximum absolute atomic E-state index is 5.65. The second-order valence-corrected chi connectivity index (χ2v) is 4.52. The number of benzene rings is 1. The summed E-state index contributed by atoms with van der Waals surface area (Å²) in [4.78, 5) is 0. The van der Waals surface area contributed by atoms with E-state index in [1.165, 1.54) is 11.3 Å². The highest BCUT2D eigenvalue weighted by Gasteiger charge is 2.09. The van der Waals surface area contributed by atoms with Crippen LogP contribution < -0.4 is 14.8 Å². The van der Waals surface area contributed by atoms with Crippen molar-refractivity contribution < 1.29 is 9.47 Å². The van der Waals surface area contributed by atoms with Gasteiger partial charge in [-0.3, -0.25) is 0 Å². The van der Waals surface area contributed by atoms with Crippen LogP contribution in [-0.2, 0) is 6.54 Å². The molecule has 0 aliphatic rings. The zero-order valence-corrected chi connectivity index (χ0v) is 11.2. The lowest BCUT2D eigenvalue weighted by Gasteiger charge is -2.06. The number of ether oxygens (including phenoxy) is 2. The lowest BCUT2D eigenvalue weighted by molar-refractivity contribution is 0.377. The summed E-state index contributed by atoms with van der Waals surface area (Å²) >= 11 is 1.42. The van der Waals surface area contributed by atoms with Crippen LogP contribution in [0.25, 0.3) is 0 Å². The largest absolute Gasteiger partial charge is 0.493 e. The highest BCUT2D eigenvalue weighted by Crippen LogP contribution is 2.32. The second kappa shape index (κ2) is 6.32. The fraction of sp³-hybridized carbons (Fsp3) is 0.333. The van der Waals surface area contributed by atoms with Crippen molar-refractivity contribution in [3.8, 4) is 16.7 Å². The summed E-state index contributed by atoms with van der Waals surface area (Å²) in [6.45, 7) is 3.67.